The molecule has 2 aromatic carbocycles. The summed E-state index contributed by atoms with van der Waals surface area (Å²) in [6, 6.07) is 15.3. The van der Waals surface area contributed by atoms with E-state index in [0.717, 1.165) is 22.2 Å². The number of aromatic amines is 1. The maximum Gasteiger partial charge on any atom is 0.246 e. The summed E-state index contributed by atoms with van der Waals surface area (Å²) in [5, 5.41) is 6.60. The third-order valence-corrected chi connectivity index (χ3v) is 3.97. The average molecular weight is 363 g/mol. The fraction of sp³-hybridized carbons (Fsp3) is 0.158. The van der Waals surface area contributed by atoms with E-state index in [9.17, 15) is 4.79 Å². The van der Waals surface area contributed by atoms with Gasteiger partial charge in [-0.2, -0.15) is 4.98 Å². The van der Waals surface area contributed by atoms with Gasteiger partial charge in [-0.25, -0.2) is 4.98 Å². The first-order valence-electron chi connectivity index (χ1n) is 8.42. The second-order valence-corrected chi connectivity index (χ2v) is 5.92. The summed E-state index contributed by atoms with van der Waals surface area (Å²) in [7, 11) is 0. The fourth-order valence-corrected chi connectivity index (χ4v) is 2.64. The van der Waals surface area contributed by atoms with E-state index in [-0.39, 0.29) is 19.1 Å². The zero-order valence-corrected chi connectivity index (χ0v) is 14.4. The summed E-state index contributed by atoms with van der Waals surface area (Å²) in [5.41, 5.74) is 3.65. The molecule has 0 saturated carbocycles. The molecule has 0 fully saturated rings. The minimum atomic E-state index is -0.187. The van der Waals surface area contributed by atoms with Gasteiger partial charge in [0.25, 0.3) is 0 Å². The lowest BCUT2D eigenvalue weighted by molar-refractivity contribution is -0.126. The molecule has 8 nitrogen and oxygen atoms in total. The summed E-state index contributed by atoms with van der Waals surface area (Å²) in [6.45, 7) is 0.638. The second-order valence-electron chi connectivity index (χ2n) is 5.92. The van der Waals surface area contributed by atoms with Crippen molar-refractivity contribution in [3.8, 4) is 11.4 Å². The van der Waals surface area contributed by atoms with Gasteiger partial charge in [0.1, 0.15) is 19.0 Å². The lowest BCUT2D eigenvalue weighted by Crippen LogP contribution is -2.27. The van der Waals surface area contributed by atoms with Crippen molar-refractivity contribution in [2.24, 2.45) is 0 Å². The molecule has 8 heteroatoms. The third kappa shape index (κ3) is 4.18. The number of hydrogen-bond donors (Lipinski definition) is 2. The van der Waals surface area contributed by atoms with Crippen molar-refractivity contribution in [1.82, 2.24) is 25.4 Å². The first-order chi connectivity index (χ1) is 13.3. The van der Waals surface area contributed by atoms with Crippen LogP contribution >= 0.6 is 0 Å². The number of rotatable bonds is 7. The Bertz CT molecular complexity index is 992. The number of amides is 1. The standard InChI is InChI=1S/C19H17N5O3/c25-18(11-26-10-17-22-15-3-1-2-4-16(15)23-17)20-9-13-5-7-14(8-6-13)19-21-12-27-24-19/h1-8,12H,9-11H2,(H,20,25)(H,22,23). The molecule has 2 heterocycles. The van der Waals surface area contributed by atoms with Crippen LogP contribution in [0.2, 0.25) is 0 Å². The van der Waals surface area contributed by atoms with Crippen LogP contribution in [0.1, 0.15) is 11.4 Å². The molecule has 0 aliphatic carbocycles. The Morgan fingerprint density at radius 1 is 1.15 bits per heavy atom. The van der Waals surface area contributed by atoms with Gasteiger partial charge in [0.2, 0.25) is 18.1 Å². The Morgan fingerprint density at radius 3 is 2.78 bits per heavy atom. The van der Waals surface area contributed by atoms with Crippen molar-refractivity contribution in [3.63, 3.8) is 0 Å². The van der Waals surface area contributed by atoms with E-state index < -0.39 is 0 Å². The molecular formula is C19H17N5O3. The van der Waals surface area contributed by atoms with Crippen LogP contribution in [0.15, 0.2) is 59.4 Å². The van der Waals surface area contributed by atoms with E-state index in [0.29, 0.717) is 18.2 Å². The SMILES string of the molecule is O=C(COCc1nc2ccccc2[nH]1)NCc1ccc(-c2ncon2)cc1. The Labute approximate surface area is 154 Å². The number of nitrogens with one attached hydrogen (secondary N) is 2. The van der Waals surface area contributed by atoms with Gasteiger partial charge in [-0.3, -0.25) is 4.79 Å². The normalized spacial score (nSPS) is 11.0. The molecule has 4 rings (SSSR count). The molecule has 0 bridgehead atoms. The van der Waals surface area contributed by atoms with Gasteiger partial charge in [-0.05, 0) is 17.7 Å². The van der Waals surface area contributed by atoms with Crippen molar-refractivity contribution in [3.05, 3.63) is 66.3 Å². The van der Waals surface area contributed by atoms with E-state index in [2.05, 4.69) is 25.4 Å². The van der Waals surface area contributed by atoms with Crippen molar-refractivity contribution in [2.75, 3.05) is 6.61 Å². The van der Waals surface area contributed by atoms with E-state index >= 15 is 0 Å². The van der Waals surface area contributed by atoms with Crippen LogP contribution in [0.4, 0.5) is 0 Å². The smallest absolute Gasteiger partial charge is 0.246 e. The third-order valence-electron chi connectivity index (χ3n) is 3.97. The largest absolute Gasteiger partial charge is 0.364 e. The molecule has 136 valence electrons. The zero-order chi connectivity index (χ0) is 18.5. The molecule has 0 spiro atoms. The maximum atomic E-state index is 11.9. The number of ether oxygens (including phenoxy) is 1. The van der Waals surface area contributed by atoms with Crippen LogP contribution in [0.25, 0.3) is 22.4 Å². The molecule has 2 aromatic heterocycles. The summed E-state index contributed by atoms with van der Waals surface area (Å²) in [6.07, 6.45) is 1.29. The molecule has 0 unspecified atom stereocenters. The first kappa shape index (κ1) is 16.9. The van der Waals surface area contributed by atoms with Crippen molar-refractivity contribution >= 4 is 16.9 Å². The number of para-hydroxylation sites is 2. The molecule has 4 aromatic rings. The second kappa shape index (κ2) is 7.79. The van der Waals surface area contributed by atoms with Gasteiger partial charge in [-0.1, -0.05) is 41.6 Å². The Balaban J connectivity index is 1.22. The van der Waals surface area contributed by atoms with Gasteiger partial charge >= 0.3 is 0 Å². The Kier molecular flexibility index (Phi) is 4.88. The highest BCUT2D eigenvalue weighted by molar-refractivity contribution is 5.77. The summed E-state index contributed by atoms with van der Waals surface area (Å²) >= 11 is 0. The Hall–Kier alpha value is -3.52. The van der Waals surface area contributed by atoms with E-state index in [4.69, 9.17) is 9.26 Å². The summed E-state index contributed by atoms with van der Waals surface area (Å²) in [5.74, 6) is 1.04. The number of carbonyl (C=O) groups is 1. The number of carbonyl (C=O) groups excluding carboxylic acids is 1. The van der Waals surface area contributed by atoms with Crippen molar-refractivity contribution in [2.45, 2.75) is 13.2 Å². The summed E-state index contributed by atoms with van der Waals surface area (Å²) in [4.78, 5) is 23.5. The minimum Gasteiger partial charge on any atom is -0.364 e. The molecular weight excluding hydrogens is 346 g/mol. The number of aromatic nitrogens is 4. The van der Waals surface area contributed by atoms with E-state index in [1.807, 2.05) is 48.5 Å². The highest BCUT2D eigenvalue weighted by Crippen LogP contribution is 2.15. The van der Waals surface area contributed by atoms with Gasteiger partial charge in [0.15, 0.2) is 0 Å². The lowest BCUT2D eigenvalue weighted by atomic mass is 10.1. The zero-order valence-electron chi connectivity index (χ0n) is 14.4. The van der Waals surface area contributed by atoms with Crippen LogP contribution in [0.5, 0.6) is 0 Å². The molecule has 2 N–H and O–H groups in total. The highest BCUT2D eigenvalue weighted by atomic mass is 16.5. The number of H-pyrrole nitrogens is 1. The molecule has 0 atom stereocenters. The highest BCUT2D eigenvalue weighted by Gasteiger charge is 2.06. The number of nitrogens with zero attached hydrogens (tertiary/aromatic N) is 3. The van der Waals surface area contributed by atoms with E-state index in [1.54, 1.807) is 0 Å². The van der Waals surface area contributed by atoms with Gasteiger partial charge in [0.05, 0.1) is 11.0 Å². The number of imidazole rings is 1. The minimum absolute atomic E-state index is 0.0298. The predicted octanol–water partition coefficient (Wildman–Crippen LogP) is 2.45. The number of benzene rings is 2. The number of fused-ring (bicyclic) bond motifs is 1. The van der Waals surface area contributed by atoms with Crippen LogP contribution in [0, 0.1) is 0 Å². The molecule has 0 saturated heterocycles. The van der Waals surface area contributed by atoms with Crippen molar-refractivity contribution < 1.29 is 14.1 Å². The van der Waals surface area contributed by atoms with Crippen LogP contribution < -0.4 is 5.32 Å². The average Bonchev–Trinajstić information content (AvgIpc) is 3.36. The predicted molar refractivity (Wildman–Crippen MR) is 97.3 cm³/mol. The van der Waals surface area contributed by atoms with Crippen molar-refractivity contribution in [1.29, 1.82) is 0 Å². The molecule has 0 radical (unpaired) electrons. The van der Waals surface area contributed by atoms with Crippen LogP contribution in [-0.2, 0) is 22.7 Å². The van der Waals surface area contributed by atoms with Crippen LogP contribution in [-0.4, -0.2) is 32.6 Å². The molecule has 0 aliphatic heterocycles. The lowest BCUT2D eigenvalue weighted by Gasteiger charge is -2.06. The van der Waals surface area contributed by atoms with Gasteiger partial charge < -0.3 is 19.6 Å². The number of hydrogen-bond acceptors (Lipinski definition) is 6. The van der Waals surface area contributed by atoms with E-state index in [1.165, 1.54) is 6.39 Å². The monoisotopic (exact) mass is 363 g/mol. The Morgan fingerprint density at radius 2 is 2.00 bits per heavy atom. The quantitative estimate of drug-likeness (QED) is 0.522. The van der Waals surface area contributed by atoms with Gasteiger partial charge in [-0.15, -0.1) is 0 Å². The fourth-order valence-electron chi connectivity index (χ4n) is 2.64. The summed E-state index contributed by atoms with van der Waals surface area (Å²) < 4.78 is 10.2. The maximum absolute atomic E-state index is 11.9. The van der Waals surface area contributed by atoms with Gasteiger partial charge in [0, 0.05) is 12.1 Å². The first-order valence-corrected chi connectivity index (χ1v) is 8.42. The van der Waals surface area contributed by atoms with Crippen LogP contribution in [0.3, 0.4) is 0 Å². The molecule has 0 aliphatic rings. The molecule has 27 heavy (non-hydrogen) atoms. The topological polar surface area (TPSA) is 106 Å². The molecule has 1 amide bonds.